The average Bonchev–Trinajstić information content (AvgIpc) is 2.65. The number of guanidine groups is 1. The van der Waals surface area contributed by atoms with Crippen molar-refractivity contribution >= 4 is 23.2 Å². The molecular weight excluding hydrogens is 274 g/mol. The lowest BCUT2D eigenvalue weighted by molar-refractivity contribution is 0.00152. The molecule has 0 saturated carbocycles. The molecule has 2 N–H and O–H groups in total. The summed E-state index contributed by atoms with van der Waals surface area (Å²) < 4.78 is 5.56. The number of nitrogens with two attached hydrogens (primary N) is 1. The number of ether oxygens (including phenoxy) is 1. The molecule has 1 aromatic carbocycles. The summed E-state index contributed by atoms with van der Waals surface area (Å²) in [6, 6.07) is 7.69. The van der Waals surface area contributed by atoms with E-state index in [1.54, 1.807) is 7.11 Å². The highest BCUT2D eigenvalue weighted by Crippen LogP contribution is 2.38. The largest absolute Gasteiger partial charge is 0.379 e. The van der Waals surface area contributed by atoms with Crippen LogP contribution in [-0.4, -0.2) is 30.8 Å². The van der Waals surface area contributed by atoms with Crippen molar-refractivity contribution in [3.05, 3.63) is 29.3 Å². The molecule has 110 valence electrons. The monoisotopic (exact) mass is 295 g/mol. The van der Waals surface area contributed by atoms with Crippen LogP contribution in [0.5, 0.6) is 0 Å². The molecule has 2 rings (SSSR count). The van der Waals surface area contributed by atoms with Crippen LogP contribution < -0.4 is 10.6 Å². The fourth-order valence-corrected chi connectivity index (χ4v) is 3.06. The number of para-hydroxylation sites is 1. The van der Waals surface area contributed by atoms with Crippen LogP contribution >= 0.6 is 11.6 Å². The highest BCUT2D eigenvalue weighted by molar-refractivity contribution is 6.34. The van der Waals surface area contributed by atoms with Crippen LogP contribution in [-0.2, 0) is 4.74 Å². The van der Waals surface area contributed by atoms with Gasteiger partial charge in [-0.3, -0.25) is 4.99 Å². The zero-order valence-corrected chi connectivity index (χ0v) is 13.2. The highest BCUT2D eigenvalue weighted by atomic mass is 35.5. The van der Waals surface area contributed by atoms with Gasteiger partial charge in [-0.05, 0) is 32.9 Å². The predicted molar refractivity (Wildman–Crippen MR) is 84.5 cm³/mol. The molecule has 20 heavy (non-hydrogen) atoms. The highest BCUT2D eigenvalue weighted by Gasteiger charge is 2.43. The molecular formula is C15H22ClN3O. The Morgan fingerprint density at radius 2 is 2.10 bits per heavy atom. The Balaban J connectivity index is 2.38. The van der Waals surface area contributed by atoms with E-state index >= 15 is 0 Å². The Kier molecular flexibility index (Phi) is 3.98. The third-order valence-electron chi connectivity index (χ3n) is 3.80. The average molecular weight is 296 g/mol. The zero-order chi connectivity index (χ0) is 15.0. The van der Waals surface area contributed by atoms with E-state index in [-0.39, 0.29) is 11.1 Å². The lowest BCUT2D eigenvalue weighted by Gasteiger charge is -2.41. The summed E-state index contributed by atoms with van der Waals surface area (Å²) in [6.45, 7) is 6.91. The second kappa shape index (κ2) is 5.26. The SMILES string of the molecule is COC(C)(C)CC1(C)CN=C(N)N1c1ccccc1Cl. The smallest absolute Gasteiger partial charge is 0.196 e. The van der Waals surface area contributed by atoms with E-state index in [4.69, 9.17) is 22.1 Å². The first-order chi connectivity index (χ1) is 9.29. The number of anilines is 1. The Labute approximate surface area is 125 Å². The van der Waals surface area contributed by atoms with Gasteiger partial charge in [-0.2, -0.15) is 0 Å². The van der Waals surface area contributed by atoms with Crippen LogP contribution in [0.15, 0.2) is 29.3 Å². The Morgan fingerprint density at radius 3 is 2.70 bits per heavy atom. The molecule has 0 fully saturated rings. The van der Waals surface area contributed by atoms with Crippen molar-refractivity contribution in [1.82, 2.24) is 0 Å². The molecule has 0 aromatic heterocycles. The summed E-state index contributed by atoms with van der Waals surface area (Å²) in [4.78, 5) is 6.44. The molecule has 1 aliphatic heterocycles. The van der Waals surface area contributed by atoms with Crippen LogP contribution in [0.1, 0.15) is 27.2 Å². The summed E-state index contributed by atoms with van der Waals surface area (Å²) in [6.07, 6.45) is 0.798. The van der Waals surface area contributed by atoms with E-state index < -0.39 is 0 Å². The van der Waals surface area contributed by atoms with Crippen molar-refractivity contribution in [3.63, 3.8) is 0 Å². The van der Waals surface area contributed by atoms with Crippen LogP contribution in [0.4, 0.5) is 5.69 Å². The molecule has 0 bridgehead atoms. The van der Waals surface area contributed by atoms with E-state index in [9.17, 15) is 0 Å². The number of nitrogens with zero attached hydrogens (tertiary/aromatic N) is 2. The molecule has 5 heteroatoms. The van der Waals surface area contributed by atoms with Gasteiger partial charge in [0.15, 0.2) is 5.96 Å². The van der Waals surface area contributed by atoms with E-state index in [1.807, 2.05) is 29.2 Å². The first kappa shape index (κ1) is 15.1. The Bertz CT molecular complexity index is 530. The molecule has 0 saturated heterocycles. The lowest BCUT2D eigenvalue weighted by Crippen LogP contribution is -2.53. The summed E-state index contributed by atoms with van der Waals surface area (Å²) in [5.74, 6) is 0.507. The van der Waals surface area contributed by atoms with Crippen molar-refractivity contribution < 1.29 is 4.74 Å². The van der Waals surface area contributed by atoms with Crippen molar-refractivity contribution in [3.8, 4) is 0 Å². The minimum atomic E-state index is -0.256. The second-order valence-corrected chi connectivity index (χ2v) is 6.51. The summed E-state index contributed by atoms with van der Waals surface area (Å²) in [5.41, 5.74) is 6.49. The molecule has 1 aliphatic rings. The van der Waals surface area contributed by atoms with E-state index in [0.29, 0.717) is 17.5 Å². The number of hydrogen-bond acceptors (Lipinski definition) is 4. The number of methoxy groups -OCH3 is 1. The summed E-state index contributed by atoms with van der Waals surface area (Å²) in [5, 5.41) is 0.675. The summed E-state index contributed by atoms with van der Waals surface area (Å²) >= 11 is 6.32. The molecule has 1 atom stereocenters. The molecule has 0 amide bonds. The van der Waals surface area contributed by atoms with Crippen LogP contribution in [0.2, 0.25) is 5.02 Å². The Morgan fingerprint density at radius 1 is 1.45 bits per heavy atom. The predicted octanol–water partition coefficient (Wildman–Crippen LogP) is 3.05. The first-order valence-electron chi connectivity index (χ1n) is 6.69. The van der Waals surface area contributed by atoms with Gasteiger partial charge in [0.05, 0.1) is 28.4 Å². The summed E-state index contributed by atoms with van der Waals surface area (Å²) in [7, 11) is 1.72. The van der Waals surface area contributed by atoms with Gasteiger partial charge in [0, 0.05) is 13.5 Å². The number of aliphatic imine (C=N–C) groups is 1. The van der Waals surface area contributed by atoms with Crippen LogP contribution in [0.25, 0.3) is 0 Å². The maximum Gasteiger partial charge on any atom is 0.196 e. The topological polar surface area (TPSA) is 50.9 Å². The van der Waals surface area contributed by atoms with Crippen LogP contribution in [0, 0.1) is 0 Å². The van der Waals surface area contributed by atoms with Gasteiger partial charge in [-0.15, -0.1) is 0 Å². The van der Waals surface area contributed by atoms with Crippen LogP contribution in [0.3, 0.4) is 0 Å². The van der Waals surface area contributed by atoms with Gasteiger partial charge in [0.25, 0.3) is 0 Å². The van der Waals surface area contributed by atoms with E-state index in [0.717, 1.165) is 12.1 Å². The van der Waals surface area contributed by atoms with Gasteiger partial charge in [0.1, 0.15) is 0 Å². The minimum absolute atomic E-state index is 0.241. The molecule has 0 radical (unpaired) electrons. The number of hydrogen-bond donors (Lipinski definition) is 1. The second-order valence-electron chi connectivity index (χ2n) is 6.10. The molecule has 1 unspecified atom stereocenters. The fraction of sp³-hybridized carbons (Fsp3) is 0.533. The van der Waals surface area contributed by atoms with Gasteiger partial charge >= 0.3 is 0 Å². The molecule has 1 aromatic rings. The minimum Gasteiger partial charge on any atom is -0.379 e. The number of halogens is 1. The molecule has 4 nitrogen and oxygen atoms in total. The van der Waals surface area contributed by atoms with Gasteiger partial charge in [-0.25, -0.2) is 0 Å². The van der Waals surface area contributed by atoms with Crippen molar-refractivity contribution in [1.29, 1.82) is 0 Å². The van der Waals surface area contributed by atoms with Crippen molar-refractivity contribution in [2.45, 2.75) is 38.3 Å². The third kappa shape index (κ3) is 2.76. The normalized spacial score (nSPS) is 23.1. The van der Waals surface area contributed by atoms with Gasteiger partial charge < -0.3 is 15.4 Å². The van der Waals surface area contributed by atoms with Gasteiger partial charge in [0.2, 0.25) is 0 Å². The third-order valence-corrected chi connectivity index (χ3v) is 4.12. The van der Waals surface area contributed by atoms with Crippen molar-refractivity contribution in [2.75, 3.05) is 18.6 Å². The van der Waals surface area contributed by atoms with Crippen molar-refractivity contribution in [2.24, 2.45) is 10.7 Å². The number of rotatable bonds is 4. The molecule has 0 aliphatic carbocycles. The maximum absolute atomic E-state index is 6.32. The molecule has 0 spiro atoms. The number of benzene rings is 1. The quantitative estimate of drug-likeness (QED) is 0.929. The first-order valence-corrected chi connectivity index (χ1v) is 7.07. The Hall–Kier alpha value is -1.26. The van der Waals surface area contributed by atoms with E-state index in [2.05, 4.69) is 25.8 Å². The maximum atomic E-state index is 6.32. The standard InChI is InChI=1S/C15H22ClN3O/c1-14(2,20-4)9-15(3)10-18-13(17)19(15)12-8-6-5-7-11(12)16/h5-8H,9-10H2,1-4H3,(H2,17,18). The van der Waals surface area contributed by atoms with E-state index in [1.165, 1.54) is 0 Å². The molecule has 1 heterocycles. The zero-order valence-electron chi connectivity index (χ0n) is 12.5. The lowest BCUT2D eigenvalue weighted by atomic mass is 9.86. The van der Waals surface area contributed by atoms with Gasteiger partial charge in [-0.1, -0.05) is 23.7 Å². The fourth-order valence-electron chi connectivity index (χ4n) is 2.84.